The van der Waals surface area contributed by atoms with Crippen molar-refractivity contribution in [2.24, 2.45) is 0 Å². The normalized spacial score (nSPS) is 19.8. The highest BCUT2D eigenvalue weighted by Gasteiger charge is 2.33. The van der Waals surface area contributed by atoms with Gasteiger partial charge >= 0.3 is 0 Å². The lowest BCUT2D eigenvalue weighted by Crippen LogP contribution is -2.53. The van der Waals surface area contributed by atoms with Crippen LogP contribution in [-0.2, 0) is 16.0 Å². The molecule has 4 heterocycles. The van der Waals surface area contributed by atoms with Crippen molar-refractivity contribution in [3.8, 4) is 0 Å². The molecule has 3 saturated heterocycles. The number of ether oxygens (including phenoxy) is 1. The number of hydrogen-bond acceptors (Lipinski definition) is 7. The minimum Gasteiger partial charge on any atom is -0.372 e. The van der Waals surface area contributed by atoms with Crippen molar-refractivity contribution in [3.63, 3.8) is 0 Å². The van der Waals surface area contributed by atoms with E-state index < -0.39 is 5.82 Å². The number of aromatic nitrogens is 2. The average Bonchev–Trinajstić information content (AvgIpc) is 3.04. The van der Waals surface area contributed by atoms with Gasteiger partial charge in [0.15, 0.2) is 0 Å². The average molecular weight is 605 g/mol. The molecule has 0 saturated carbocycles. The Balaban J connectivity index is 1.00. The van der Waals surface area contributed by atoms with Crippen LogP contribution in [0.4, 0.5) is 4.39 Å². The highest BCUT2D eigenvalue weighted by Crippen LogP contribution is 2.28. The number of H-pyrrole nitrogens is 1. The molecule has 44 heavy (non-hydrogen) atoms. The maximum absolute atomic E-state index is 14.9. The summed E-state index contributed by atoms with van der Waals surface area (Å²) in [5, 5.41) is 11.4. The first-order valence-electron chi connectivity index (χ1n) is 15.7. The molecule has 0 spiro atoms. The molecule has 0 bridgehead atoms. The Hall–Kier alpha value is -3.67. The van der Waals surface area contributed by atoms with Crippen LogP contribution in [0.3, 0.4) is 0 Å². The van der Waals surface area contributed by atoms with Crippen LogP contribution in [0.1, 0.15) is 54.2 Å². The molecule has 0 atom stereocenters. The number of carbonyl (C=O) groups excluding carboxylic acids is 2. The maximum atomic E-state index is 14.9. The van der Waals surface area contributed by atoms with Gasteiger partial charge in [-0.05, 0) is 69.5 Å². The topological polar surface area (TPSA) is 111 Å². The Morgan fingerprint density at radius 1 is 0.977 bits per heavy atom. The number of amides is 2. The molecular formula is C33H41FN6O4. The summed E-state index contributed by atoms with van der Waals surface area (Å²) in [5.41, 5.74) is 1.04. The third-order valence-corrected chi connectivity index (χ3v) is 9.33. The lowest BCUT2D eigenvalue weighted by molar-refractivity contribution is -0.137. The van der Waals surface area contributed by atoms with Crippen molar-refractivity contribution in [2.75, 3.05) is 58.9 Å². The molecule has 2 N–H and O–H groups in total. The second kappa shape index (κ2) is 13.1. The van der Waals surface area contributed by atoms with E-state index in [1.807, 2.05) is 17.0 Å². The third-order valence-electron chi connectivity index (χ3n) is 9.33. The second-order valence-corrected chi connectivity index (χ2v) is 12.5. The quantitative estimate of drug-likeness (QED) is 0.427. The molecule has 3 fully saturated rings. The van der Waals surface area contributed by atoms with Gasteiger partial charge in [0, 0.05) is 51.1 Å². The summed E-state index contributed by atoms with van der Waals surface area (Å²) in [6.07, 6.45) is 4.49. The van der Waals surface area contributed by atoms with Crippen LogP contribution in [0.25, 0.3) is 10.8 Å². The first kappa shape index (κ1) is 30.4. The van der Waals surface area contributed by atoms with Crippen LogP contribution >= 0.6 is 0 Å². The van der Waals surface area contributed by atoms with Crippen LogP contribution in [0.5, 0.6) is 0 Å². The van der Waals surface area contributed by atoms with Gasteiger partial charge in [0.25, 0.3) is 11.5 Å². The summed E-state index contributed by atoms with van der Waals surface area (Å²) in [5.74, 6) is -0.908. The number of fused-ring (bicyclic) bond motifs is 1. The van der Waals surface area contributed by atoms with E-state index in [1.165, 1.54) is 6.07 Å². The number of nitrogens with zero attached hydrogens (tertiary/aromatic N) is 4. The zero-order chi connectivity index (χ0) is 30.7. The van der Waals surface area contributed by atoms with E-state index in [0.717, 1.165) is 57.2 Å². The summed E-state index contributed by atoms with van der Waals surface area (Å²) in [4.78, 5) is 44.2. The Morgan fingerprint density at radius 3 is 2.39 bits per heavy atom. The molecule has 1 aromatic heterocycles. The van der Waals surface area contributed by atoms with Crippen molar-refractivity contribution in [1.82, 2.24) is 30.2 Å². The zero-order valence-electron chi connectivity index (χ0n) is 25.3. The monoisotopic (exact) mass is 604 g/mol. The van der Waals surface area contributed by atoms with Crippen molar-refractivity contribution in [2.45, 2.75) is 50.7 Å². The first-order valence-corrected chi connectivity index (χ1v) is 15.7. The number of rotatable bonds is 7. The van der Waals surface area contributed by atoms with Crippen LogP contribution in [0.15, 0.2) is 47.3 Å². The summed E-state index contributed by atoms with van der Waals surface area (Å²) >= 11 is 0. The molecule has 10 nitrogen and oxygen atoms in total. The fourth-order valence-corrected chi connectivity index (χ4v) is 6.63. The summed E-state index contributed by atoms with van der Waals surface area (Å²) in [7, 11) is 0. The van der Waals surface area contributed by atoms with Gasteiger partial charge in [-0.2, -0.15) is 5.10 Å². The molecule has 234 valence electrons. The van der Waals surface area contributed by atoms with E-state index in [1.54, 1.807) is 29.2 Å². The van der Waals surface area contributed by atoms with Crippen molar-refractivity contribution >= 4 is 22.6 Å². The van der Waals surface area contributed by atoms with Gasteiger partial charge in [0.2, 0.25) is 5.91 Å². The minimum absolute atomic E-state index is 0.000513. The van der Waals surface area contributed by atoms with Crippen LogP contribution < -0.4 is 10.9 Å². The standard InChI is InChI=1S/C33H41FN6O4/c1-33(10-12-35-13-11-33)44-24-8-14-38(15-9-24)22-30(41)39-16-18-40(19-17-39)32(43)27-20-23(6-7-28(27)34)21-29-25-4-2-3-5-26(25)31(42)37-36-29/h2-7,20,24,35H,8-19,21-22H2,1H3,(H,37,42). The Morgan fingerprint density at radius 2 is 1.66 bits per heavy atom. The zero-order valence-corrected chi connectivity index (χ0v) is 25.3. The molecule has 3 aliphatic heterocycles. The SMILES string of the molecule is CC1(OC2CCN(CC(=O)N3CCN(C(=O)c4cc(Cc5n[nH]c(=O)c6ccccc56)ccc4F)CC3)CC2)CCNCC1. The molecular weight excluding hydrogens is 563 g/mol. The minimum atomic E-state index is -0.585. The van der Waals surface area contributed by atoms with Crippen molar-refractivity contribution < 1.29 is 18.7 Å². The van der Waals surface area contributed by atoms with Crippen molar-refractivity contribution in [1.29, 1.82) is 0 Å². The fraction of sp³-hybridized carbons (Fsp3) is 0.515. The second-order valence-electron chi connectivity index (χ2n) is 12.5. The molecule has 3 aliphatic rings. The van der Waals surface area contributed by atoms with E-state index >= 15 is 0 Å². The highest BCUT2D eigenvalue weighted by molar-refractivity contribution is 5.95. The number of benzene rings is 2. The van der Waals surface area contributed by atoms with Gasteiger partial charge in [-0.3, -0.25) is 19.3 Å². The molecule has 0 radical (unpaired) electrons. The Bertz CT molecular complexity index is 1560. The number of piperidine rings is 2. The predicted octanol–water partition coefficient (Wildman–Crippen LogP) is 2.56. The Kier molecular flexibility index (Phi) is 9.06. The molecule has 0 unspecified atom stereocenters. The van der Waals surface area contributed by atoms with Crippen LogP contribution in [0.2, 0.25) is 0 Å². The predicted molar refractivity (Wildman–Crippen MR) is 165 cm³/mol. The lowest BCUT2D eigenvalue weighted by Gasteiger charge is -2.41. The summed E-state index contributed by atoms with van der Waals surface area (Å²) in [6, 6.07) is 11.7. The van der Waals surface area contributed by atoms with Gasteiger partial charge in [-0.1, -0.05) is 24.3 Å². The third kappa shape index (κ3) is 6.85. The van der Waals surface area contributed by atoms with Crippen molar-refractivity contribution in [3.05, 3.63) is 75.5 Å². The van der Waals surface area contributed by atoms with Gasteiger partial charge in [0.05, 0.1) is 34.9 Å². The van der Waals surface area contributed by atoms with Crippen LogP contribution in [0, 0.1) is 5.82 Å². The van der Waals surface area contributed by atoms with Gasteiger partial charge in [-0.15, -0.1) is 0 Å². The molecule has 11 heteroatoms. The Labute approximate surface area is 256 Å². The summed E-state index contributed by atoms with van der Waals surface area (Å²) in [6.45, 7) is 7.80. The molecule has 6 rings (SSSR count). The van der Waals surface area contributed by atoms with E-state index in [2.05, 4.69) is 27.3 Å². The van der Waals surface area contributed by atoms with Gasteiger partial charge in [0.1, 0.15) is 5.82 Å². The number of piperazine rings is 1. The van der Waals surface area contributed by atoms with E-state index in [0.29, 0.717) is 55.8 Å². The number of carbonyl (C=O) groups is 2. The van der Waals surface area contributed by atoms with E-state index in [9.17, 15) is 18.8 Å². The lowest BCUT2D eigenvalue weighted by atomic mass is 9.93. The summed E-state index contributed by atoms with van der Waals surface area (Å²) < 4.78 is 21.4. The van der Waals surface area contributed by atoms with Crippen LogP contribution in [-0.4, -0.2) is 107 Å². The van der Waals surface area contributed by atoms with E-state index in [-0.39, 0.29) is 34.6 Å². The number of likely N-dealkylation sites (tertiary alicyclic amines) is 1. The number of nitrogens with one attached hydrogen (secondary N) is 2. The maximum Gasteiger partial charge on any atom is 0.272 e. The highest BCUT2D eigenvalue weighted by atomic mass is 19.1. The van der Waals surface area contributed by atoms with Gasteiger partial charge in [-0.25, -0.2) is 9.49 Å². The molecule has 3 aromatic rings. The molecule has 2 aromatic carbocycles. The van der Waals surface area contributed by atoms with E-state index in [4.69, 9.17) is 4.74 Å². The molecule has 2 amide bonds. The largest absolute Gasteiger partial charge is 0.372 e. The number of hydrogen-bond donors (Lipinski definition) is 2. The fourth-order valence-electron chi connectivity index (χ4n) is 6.63. The smallest absolute Gasteiger partial charge is 0.272 e. The number of halogens is 1. The first-order chi connectivity index (χ1) is 21.3. The number of aromatic amines is 1. The molecule has 0 aliphatic carbocycles. The van der Waals surface area contributed by atoms with Gasteiger partial charge < -0.3 is 19.9 Å².